The van der Waals surface area contributed by atoms with Crippen LogP contribution in [0.25, 0.3) is 0 Å². The van der Waals surface area contributed by atoms with Crippen molar-refractivity contribution in [1.29, 1.82) is 0 Å². The number of carbonyl (C=O) groups excluding carboxylic acids is 1. The van der Waals surface area contributed by atoms with E-state index in [1.165, 1.54) is 14.2 Å². The standard InChI is InChI=1S/C19H21Cl3N2O3/c1-11(13-6-5-12(20)7-14(13)21)24(2)10-19(25)23-16-9-17(26-3)15(22)8-18(16)27-4/h5-9,11H,10H2,1-4H3,(H,23,25). The van der Waals surface area contributed by atoms with Gasteiger partial charge >= 0.3 is 0 Å². The minimum atomic E-state index is -0.211. The molecule has 1 amide bonds. The maximum absolute atomic E-state index is 12.5. The maximum Gasteiger partial charge on any atom is 0.238 e. The Labute approximate surface area is 174 Å². The van der Waals surface area contributed by atoms with Gasteiger partial charge in [0.1, 0.15) is 11.5 Å². The van der Waals surface area contributed by atoms with Crippen molar-refractivity contribution in [3.05, 3.63) is 51.0 Å². The molecule has 146 valence electrons. The van der Waals surface area contributed by atoms with E-state index in [-0.39, 0.29) is 18.5 Å². The van der Waals surface area contributed by atoms with Crippen LogP contribution in [0.2, 0.25) is 15.1 Å². The molecule has 0 saturated heterocycles. The first kappa shape index (κ1) is 21.6. The summed E-state index contributed by atoms with van der Waals surface area (Å²) in [5, 5.41) is 4.36. The molecule has 2 aromatic rings. The fraction of sp³-hybridized carbons (Fsp3) is 0.316. The molecule has 2 aromatic carbocycles. The van der Waals surface area contributed by atoms with E-state index in [1.54, 1.807) is 24.3 Å². The van der Waals surface area contributed by atoms with Crippen molar-refractivity contribution in [3.8, 4) is 11.5 Å². The monoisotopic (exact) mass is 430 g/mol. The number of carbonyl (C=O) groups is 1. The van der Waals surface area contributed by atoms with Gasteiger partial charge in [-0.1, -0.05) is 40.9 Å². The molecule has 0 radical (unpaired) electrons. The minimum Gasteiger partial charge on any atom is -0.495 e. The number of rotatable bonds is 7. The number of likely N-dealkylation sites (N-methyl/N-ethyl adjacent to an activating group) is 1. The van der Waals surface area contributed by atoms with Gasteiger partial charge in [0.15, 0.2) is 0 Å². The maximum atomic E-state index is 12.5. The van der Waals surface area contributed by atoms with Crippen LogP contribution in [-0.4, -0.2) is 38.6 Å². The van der Waals surface area contributed by atoms with E-state index in [2.05, 4.69) is 5.32 Å². The number of nitrogens with one attached hydrogen (secondary N) is 1. The molecular formula is C19H21Cl3N2O3. The van der Waals surface area contributed by atoms with Crippen LogP contribution in [0.5, 0.6) is 11.5 Å². The van der Waals surface area contributed by atoms with Crippen molar-refractivity contribution in [1.82, 2.24) is 4.90 Å². The molecule has 1 unspecified atom stereocenters. The van der Waals surface area contributed by atoms with Crippen molar-refractivity contribution in [3.63, 3.8) is 0 Å². The highest BCUT2D eigenvalue weighted by molar-refractivity contribution is 6.35. The molecule has 0 aromatic heterocycles. The Morgan fingerprint density at radius 3 is 2.33 bits per heavy atom. The smallest absolute Gasteiger partial charge is 0.238 e. The zero-order valence-corrected chi connectivity index (χ0v) is 17.7. The van der Waals surface area contributed by atoms with Crippen LogP contribution in [0.15, 0.2) is 30.3 Å². The lowest BCUT2D eigenvalue weighted by atomic mass is 10.1. The highest BCUT2D eigenvalue weighted by Crippen LogP contribution is 2.36. The SMILES string of the molecule is COc1cc(NC(=O)CN(C)C(C)c2ccc(Cl)cc2Cl)c(OC)cc1Cl. The number of hydrogen-bond acceptors (Lipinski definition) is 4. The molecule has 0 bridgehead atoms. The number of hydrogen-bond donors (Lipinski definition) is 1. The molecule has 0 aliphatic heterocycles. The Morgan fingerprint density at radius 2 is 1.74 bits per heavy atom. The van der Waals surface area contributed by atoms with Gasteiger partial charge in [0.05, 0.1) is 31.5 Å². The predicted molar refractivity (Wildman–Crippen MR) is 111 cm³/mol. The summed E-state index contributed by atoms with van der Waals surface area (Å²) in [4.78, 5) is 14.4. The molecule has 5 nitrogen and oxygen atoms in total. The Morgan fingerprint density at radius 1 is 1.07 bits per heavy atom. The zero-order valence-electron chi connectivity index (χ0n) is 15.5. The summed E-state index contributed by atoms with van der Waals surface area (Å²) in [5.41, 5.74) is 1.37. The van der Waals surface area contributed by atoms with E-state index in [0.717, 1.165) is 5.56 Å². The summed E-state index contributed by atoms with van der Waals surface area (Å²) in [7, 11) is 4.85. The van der Waals surface area contributed by atoms with Crippen LogP contribution in [-0.2, 0) is 4.79 Å². The molecular weight excluding hydrogens is 411 g/mol. The third-order valence-corrected chi connectivity index (χ3v) is 5.07. The second-order valence-corrected chi connectivity index (χ2v) is 7.24. The Bertz CT molecular complexity index is 830. The van der Waals surface area contributed by atoms with E-state index in [4.69, 9.17) is 44.3 Å². The van der Waals surface area contributed by atoms with Crippen LogP contribution < -0.4 is 14.8 Å². The largest absolute Gasteiger partial charge is 0.495 e. The molecule has 2 rings (SSSR count). The van der Waals surface area contributed by atoms with Gasteiger partial charge in [-0.2, -0.15) is 0 Å². The number of anilines is 1. The highest BCUT2D eigenvalue weighted by atomic mass is 35.5. The lowest BCUT2D eigenvalue weighted by Gasteiger charge is -2.25. The van der Waals surface area contributed by atoms with Gasteiger partial charge in [0, 0.05) is 28.2 Å². The first-order valence-electron chi connectivity index (χ1n) is 8.13. The Balaban J connectivity index is 2.11. The van der Waals surface area contributed by atoms with E-state index < -0.39 is 0 Å². The van der Waals surface area contributed by atoms with Crippen LogP contribution in [0, 0.1) is 0 Å². The van der Waals surface area contributed by atoms with Gasteiger partial charge in [0.2, 0.25) is 5.91 Å². The van der Waals surface area contributed by atoms with Crippen molar-refractivity contribution in [2.45, 2.75) is 13.0 Å². The molecule has 1 N–H and O–H groups in total. The van der Waals surface area contributed by atoms with E-state index >= 15 is 0 Å². The second-order valence-electron chi connectivity index (χ2n) is 5.99. The summed E-state index contributed by atoms with van der Waals surface area (Å²) in [6, 6.07) is 8.46. The normalized spacial score (nSPS) is 12.0. The summed E-state index contributed by atoms with van der Waals surface area (Å²) in [5.74, 6) is 0.685. The van der Waals surface area contributed by atoms with Gasteiger partial charge in [0.25, 0.3) is 0 Å². The average molecular weight is 432 g/mol. The molecule has 27 heavy (non-hydrogen) atoms. The predicted octanol–water partition coefficient (Wildman–Crippen LogP) is 5.30. The van der Waals surface area contributed by atoms with Crippen LogP contribution in [0.4, 0.5) is 5.69 Å². The van der Waals surface area contributed by atoms with E-state index in [9.17, 15) is 4.79 Å². The molecule has 0 spiro atoms. The average Bonchev–Trinajstić information content (AvgIpc) is 2.62. The summed E-state index contributed by atoms with van der Waals surface area (Å²) < 4.78 is 10.5. The summed E-state index contributed by atoms with van der Waals surface area (Å²) in [6.45, 7) is 2.11. The third-order valence-electron chi connectivity index (χ3n) is 4.21. The number of halogens is 3. The van der Waals surface area contributed by atoms with E-state index in [0.29, 0.717) is 32.3 Å². The highest BCUT2D eigenvalue weighted by Gasteiger charge is 2.19. The Hall–Kier alpha value is -1.66. The fourth-order valence-electron chi connectivity index (χ4n) is 2.59. The number of amides is 1. The quantitative estimate of drug-likeness (QED) is 0.646. The van der Waals surface area contributed by atoms with Crippen LogP contribution in [0.1, 0.15) is 18.5 Å². The third kappa shape index (κ3) is 5.42. The molecule has 0 saturated carbocycles. The van der Waals surface area contributed by atoms with Gasteiger partial charge < -0.3 is 14.8 Å². The number of methoxy groups -OCH3 is 2. The molecule has 0 aliphatic carbocycles. The molecule has 0 fully saturated rings. The number of benzene rings is 2. The van der Waals surface area contributed by atoms with Crippen LogP contribution in [0.3, 0.4) is 0 Å². The Kier molecular flexibility index (Phi) is 7.62. The molecule has 1 atom stereocenters. The van der Waals surface area contributed by atoms with Crippen molar-refractivity contribution in [2.75, 3.05) is 33.1 Å². The molecule has 8 heteroatoms. The van der Waals surface area contributed by atoms with Crippen molar-refractivity contribution >= 4 is 46.4 Å². The number of ether oxygens (including phenoxy) is 2. The molecule has 0 aliphatic rings. The lowest BCUT2D eigenvalue weighted by molar-refractivity contribution is -0.117. The van der Waals surface area contributed by atoms with Crippen molar-refractivity contribution in [2.24, 2.45) is 0 Å². The second kappa shape index (κ2) is 9.51. The first-order chi connectivity index (χ1) is 12.8. The molecule has 0 heterocycles. The lowest BCUT2D eigenvalue weighted by Crippen LogP contribution is -2.32. The van der Waals surface area contributed by atoms with E-state index in [1.807, 2.05) is 24.9 Å². The summed E-state index contributed by atoms with van der Waals surface area (Å²) >= 11 is 18.3. The first-order valence-corrected chi connectivity index (χ1v) is 9.26. The fourth-order valence-corrected chi connectivity index (χ4v) is 3.39. The zero-order chi connectivity index (χ0) is 20.1. The van der Waals surface area contributed by atoms with Gasteiger partial charge in [-0.3, -0.25) is 9.69 Å². The van der Waals surface area contributed by atoms with Crippen molar-refractivity contribution < 1.29 is 14.3 Å². The topological polar surface area (TPSA) is 50.8 Å². The van der Waals surface area contributed by atoms with Gasteiger partial charge in [-0.25, -0.2) is 0 Å². The number of nitrogens with zero attached hydrogens (tertiary/aromatic N) is 1. The van der Waals surface area contributed by atoms with Crippen LogP contribution >= 0.6 is 34.8 Å². The summed E-state index contributed by atoms with van der Waals surface area (Å²) in [6.07, 6.45) is 0. The van der Waals surface area contributed by atoms with Gasteiger partial charge in [-0.15, -0.1) is 0 Å². The van der Waals surface area contributed by atoms with Gasteiger partial charge in [-0.05, 0) is 31.7 Å². The minimum absolute atomic E-state index is 0.0813.